The van der Waals surface area contributed by atoms with Crippen LogP contribution in [0.4, 0.5) is 5.69 Å². The van der Waals surface area contributed by atoms with E-state index < -0.39 is 0 Å². The van der Waals surface area contributed by atoms with Gasteiger partial charge in [0.1, 0.15) is 0 Å². The number of rotatable bonds is 3. The zero-order valence-electron chi connectivity index (χ0n) is 13.2. The molecule has 1 saturated heterocycles. The minimum atomic E-state index is 0.715. The molecule has 0 atom stereocenters. The van der Waals surface area contributed by atoms with Crippen molar-refractivity contribution < 1.29 is 0 Å². The van der Waals surface area contributed by atoms with Gasteiger partial charge in [0.05, 0.1) is 18.4 Å². The summed E-state index contributed by atoms with van der Waals surface area (Å²) in [6.45, 7) is 5.08. The first-order valence-corrected chi connectivity index (χ1v) is 8.71. The van der Waals surface area contributed by atoms with Crippen LogP contribution >= 0.6 is 23.8 Å². The summed E-state index contributed by atoms with van der Waals surface area (Å²) in [5, 5.41) is 9.22. The van der Waals surface area contributed by atoms with Crippen molar-refractivity contribution >= 4 is 34.6 Å². The van der Waals surface area contributed by atoms with Crippen molar-refractivity contribution in [1.82, 2.24) is 14.7 Å². The van der Waals surface area contributed by atoms with Crippen LogP contribution in [0, 0.1) is 5.92 Å². The number of anilines is 1. The van der Waals surface area contributed by atoms with Gasteiger partial charge in [-0.1, -0.05) is 30.7 Å². The molecule has 6 heteroatoms. The number of hydrogen-bond donors (Lipinski definition) is 1. The van der Waals surface area contributed by atoms with E-state index in [2.05, 4.69) is 22.2 Å². The summed E-state index contributed by atoms with van der Waals surface area (Å²) in [5.74, 6) is 0.802. The average molecular weight is 349 g/mol. The third-order valence-electron chi connectivity index (χ3n) is 4.21. The molecule has 3 rings (SSSR count). The molecule has 23 heavy (non-hydrogen) atoms. The second kappa shape index (κ2) is 7.32. The fourth-order valence-corrected chi connectivity index (χ4v) is 3.13. The van der Waals surface area contributed by atoms with Gasteiger partial charge in [0, 0.05) is 24.3 Å². The van der Waals surface area contributed by atoms with Crippen LogP contribution in [0.2, 0.25) is 5.02 Å². The quantitative estimate of drug-likeness (QED) is 0.849. The number of piperidine rings is 1. The summed E-state index contributed by atoms with van der Waals surface area (Å²) in [4.78, 5) is 2.24. The molecular weight excluding hydrogens is 328 g/mol. The molecule has 1 N–H and O–H groups in total. The van der Waals surface area contributed by atoms with E-state index in [0.29, 0.717) is 6.54 Å². The first-order valence-electron chi connectivity index (χ1n) is 7.93. The first kappa shape index (κ1) is 16.3. The maximum Gasteiger partial charge on any atom is 0.173 e. The number of halogens is 1. The van der Waals surface area contributed by atoms with E-state index in [4.69, 9.17) is 23.8 Å². The molecular formula is C17H21ClN4S. The van der Waals surface area contributed by atoms with Crippen molar-refractivity contribution in [2.45, 2.75) is 26.3 Å². The predicted octanol–water partition coefficient (Wildman–Crippen LogP) is 4.01. The van der Waals surface area contributed by atoms with Crippen molar-refractivity contribution in [1.29, 1.82) is 0 Å². The summed E-state index contributed by atoms with van der Waals surface area (Å²) in [7, 11) is 0. The van der Waals surface area contributed by atoms with Crippen LogP contribution in [0.15, 0.2) is 36.7 Å². The second-order valence-corrected chi connectivity index (χ2v) is 6.98. The monoisotopic (exact) mass is 348 g/mol. The van der Waals surface area contributed by atoms with Crippen LogP contribution in [0.5, 0.6) is 0 Å². The van der Waals surface area contributed by atoms with Crippen LogP contribution in [-0.2, 0) is 6.54 Å². The van der Waals surface area contributed by atoms with Gasteiger partial charge >= 0.3 is 0 Å². The van der Waals surface area contributed by atoms with Crippen molar-refractivity contribution in [3.05, 3.63) is 47.2 Å². The van der Waals surface area contributed by atoms with Crippen LogP contribution in [0.25, 0.3) is 0 Å². The zero-order valence-corrected chi connectivity index (χ0v) is 14.8. The lowest BCUT2D eigenvalue weighted by Crippen LogP contribution is -2.40. The topological polar surface area (TPSA) is 33.1 Å². The molecule has 4 nitrogen and oxygen atoms in total. The molecule has 0 bridgehead atoms. The van der Waals surface area contributed by atoms with Crippen molar-refractivity contribution in [3.8, 4) is 0 Å². The van der Waals surface area contributed by atoms with Crippen LogP contribution in [0.1, 0.15) is 25.3 Å². The summed E-state index contributed by atoms with van der Waals surface area (Å²) < 4.78 is 1.90. The largest absolute Gasteiger partial charge is 0.349 e. The second-order valence-electron chi connectivity index (χ2n) is 6.15. The normalized spacial score (nSPS) is 15.7. The Morgan fingerprint density at radius 3 is 2.70 bits per heavy atom. The lowest BCUT2D eigenvalue weighted by molar-refractivity contribution is 0.283. The summed E-state index contributed by atoms with van der Waals surface area (Å²) in [6, 6.07) is 7.81. The van der Waals surface area contributed by atoms with Gasteiger partial charge in [0.25, 0.3) is 0 Å². The Morgan fingerprint density at radius 1 is 1.30 bits per heavy atom. The van der Waals surface area contributed by atoms with Gasteiger partial charge in [-0.3, -0.25) is 4.68 Å². The highest BCUT2D eigenvalue weighted by molar-refractivity contribution is 7.80. The Hall–Kier alpha value is -1.59. The van der Waals surface area contributed by atoms with Crippen LogP contribution in [-0.4, -0.2) is 32.9 Å². The highest BCUT2D eigenvalue weighted by Crippen LogP contribution is 2.17. The molecule has 122 valence electrons. The minimum Gasteiger partial charge on any atom is -0.349 e. The maximum atomic E-state index is 5.91. The molecule has 1 aromatic carbocycles. The van der Waals surface area contributed by atoms with Crippen molar-refractivity contribution in [2.75, 3.05) is 18.4 Å². The van der Waals surface area contributed by atoms with Gasteiger partial charge < -0.3 is 10.2 Å². The Labute approximate surface area is 147 Å². The van der Waals surface area contributed by atoms with E-state index in [-0.39, 0.29) is 0 Å². The number of aromatic nitrogens is 2. The van der Waals surface area contributed by atoms with Gasteiger partial charge in [-0.05, 0) is 48.7 Å². The number of thiocarbonyl (C=S) groups is 1. The van der Waals surface area contributed by atoms with Gasteiger partial charge in [-0.2, -0.15) is 5.10 Å². The summed E-state index contributed by atoms with van der Waals surface area (Å²) in [6.07, 6.45) is 6.21. The Balaban J connectivity index is 1.56. The number of nitrogens with zero attached hydrogens (tertiary/aromatic N) is 3. The molecule has 0 radical (unpaired) electrons. The average Bonchev–Trinajstić information content (AvgIpc) is 2.97. The third kappa shape index (κ3) is 4.45. The van der Waals surface area contributed by atoms with Crippen LogP contribution < -0.4 is 5.32 Å². The predicted molar refractivity (Wildman–Crippen MR) is 99.0 cm³/mol. The van der Waals surface area contributed by atoms with Crippen LogP contribution in [0.3, 0.4) is 0 Å². The number of nitrogens with one attached hydrogen (secondary N) is 1. The lowest BCUT2D eigenvalue weighted by atomic mass is 10.00. The summed E-state index contributed by atoms with van der Waals surface area (Å²) >= 11 is 11.4. The third-order valence-corrected chi connectivity index (χ3v) is 4.83. The highest BCUT2D eigenvalue weighted by Gasteiger charge is 2.18. The zero-order chi connectivity index (χ0) is 16.2. The Bertz CT molecular complexity index is 659. The van der Waals surface area contributed by atoms with E-state index >= 15 is 0 Å². The van der Waals surface area contributed by atoms with E-state index in [1.807, 2.05) is 41.3 Å². The van der Waals surface area contributed by atoms with E-state index in [9.17, 15) is 0 Å². The van der Waals surface area contributed by atoms with E-state index in [0.717, 1.165) is 40.4 Å². The number of likely N-dealkylation sites (tertiary alicyclic amines) is 1. The van der Waals surface area contributed by atoms with Gasteiger partial charge in [0.15, 0.2) is 5.11 Å². The molecule has 0 aliphatic carbocycles. The molecule has 2 heterocycles. The first-order chi connectivity index (χ1) is 11.1. The molecule has 0 spiro atoms. The fraction of sp³-hybridized carbons (Fsp3) is 0.412. The van der Waals surface area contributed by atoms with Crippen molar-refractivity contribution in [3.63, 3.8) is 0 Å². The molecule has 0 amide bonds. The highest BCUT2D eigenvalue weighted by atomic mass is 35.5. The smallest absolute Gasteiger partial charge is 0.173 e. The molecule has 1 aromatic heterocycles. The fourth-order valence-electron chi connectivity index (χ4n) is 2.71. The molecule has 1 fully saturated rings. The molecule has 0 unspecified atom stereocenters. The Kier molecular flexibility index (Phi) is 5.18. The lowest BCUT2D eigenvalue weighted by Gasteiger charge is -2.32. The minimum absolute atomic E-state index is 0.715. The standard InChI is InChI=1S/C17H21ClN4S/c1-13-6-8-21(9-7-13)17(23)20-16-10-19-22(12-16)11-14-2-4-15(18)5-3-14/h2-5,10,12-13H,6-9,11H2,1H3,(H,20,23). The molecule has 2 aromatic rings. The van der Waals surface area contributed by atoms with E-state index in [1.54, 1.807) is 0 Å². The van der Waals surface area contributed by atoms with Gasteiger partial charge in [-0.15, -0.1) is 0 Å². The number of hydrogen-bond acceptors (Lipinski definition) is 2. The van der Waals surface area contributed by atoms with E-state index in [1.165, 1.54) is 12.8 Å². The SMILES string of the molecule is CC1CCN(C(=S)Nc2cnn(Cc3ccc(Cl)cc3)c2)CC1. The molecule has 0 saturated carbocycles. The summed E-state index contributed by atoms with van der Waals surface area (Å²) in [5.41, 5.74) is 2.10. The van der Waals surface area contributed by atoms with Crippen molar-refractivity contribution in [2.24, 2.45) is 5.92 Å². The Morgan fingerprint density at radius 2 is 2.00 bits per heavy atom. The molecule has 1 aliphatic heterocycles. The van der Waals surface area contributed by atoms with Gasteiger partial charge in [-0.25, -0.2) is 0 Å². The maximum absolute atomic E-state index is 5.91. The van der Waals surface area contributed by atoms with Gasteiger partial charge in [0.2, 0.25) is 0 Å². The number of benzene rings is 1. The molecule has 1 aliphatic rings.